The van der Waals surface area contributed by atoms with E-state index in [0.717, 1.165) is 11.3 Å². The number of esters is 1. The molecule has 0 spiro atoms. The van der Waals surface area contributed by atoms with Gasteiger partial charge < -0.3 is 9.47 Å². The van der Waals surface area contributed by atoms with Crippen LogP contribution in [0.5, 0.6) is 5.75 Å². The van der Waals surface area contributed by atoms with Crippen LogP contribution in [0.2, 0.25) is 0 Å². The molecule has 2 unspecified atom stereocenters. The minimum absolute atomic E-state index is 0.0352. The van der Waals surface area contributed by atoms with Gasteiger partial charge in [0.1, 0.15) is 11.7 Å². The number of ether oxygens (including phenoxy) is 2. The molecule has 1 aromatic carbocycles. The van der Waals surface area contributed by atoms with Crippen molar-refractivity contribution in [2.24, 2.45) is 5.92 Å². The summed E-state index contributed by atoms with van der Waals surface area (Å²) in [5.74, 6) is -0.487. The molecule has 2 rings (SSSR count). The highest BCUT2D eigenvalue weighted by molar-refractivity contribution is 6.03. The van der Waals surface area contributed by atoms with E-state index >= 15 is 0 Å². The third kappa shape index (κ3) is 2.23. The van der Waals surface area contributed by atoms with Crippen LogP contribution in [0.15, 0.2) is 24.3 Å². The molecule has 1 fully saturated rings. The Kier molecular flexibility index (Phi) is 3.65. The number of benzene rings is 1. The fourth-order valence-electron chi connectivity index (χ4n) is 2.40. The molecule has 4 heteroatoms. The number of ketones is 1. The Labute approximate surface area is 106 Å². The van der Waals surface area contributed by atoms with Gasteiger partial charge in [-0.1, -0.05) is 12.1 Å². The zero-order chi connectivity index (χ0) is 13.1. The van der Waals surface area contributed by atoms with Gasteiger partial charge in [0.05, 0.1) is 14.2 Å². The Morgan fingerprint density at radius 3 is 2.39 bits per heavy atom. The lowest BCUT2D eigenvalue weighted by Gasteiger charge is -2.10. The van der Waals surface area contributed by atoms with E-state index in [9.17, 15) is 9.59 Å². The van der Waals surface area contributed by atoms with Crippen molar-refractivity contribution in [2.45, 2.75) is 18.8 Å². The molecule has 0 saturated heterocycles. The molecule has 4 nitrogen and oxygen atoms in total. The van der Waals surface area contributed by atoms with Crippen molar-refractivity contribution < 1.29 is 19.1 Å². The first-order chi connectivity index (χ1) is 8.67. The van der Waals surface area contributed by atoms with Gasteiger partial charge in [0.25, 0.3) is 0 Å². The molecule has 1 saturated carbocycles. The van der Waals surface area contributed by atoms with Gasteiger partial charge in [-0.05, 0) is 30.5 Å². The average Bonchev–Trinajstić information content (AvgIpc) is 2.80. The van der Waals surface area contributed by atoms with Gasteiger partial charge in [0.15, 0.2) is 5.78 Å². The van der Waals surface area contributed by atoms with E-state index in [0.29, 0.717) is 12.8 Å². The predicted molar refractivity (Wildman–Crippen MR) is 65.5 cm³/mol. The van der Waals surface area contributed by atoms with Crippen molar-refractivity contribution in [1.82, 2.24) is 0 Å². The molecule has 0 N–H and O–H groups in total. The normalized spacial score (nSPS) is 22.9. The second kappa shape index (κ2) is 5.21. The van der Waals surface area contributed by atoms with Crippen molar-refractivity contribution in [3.8, 4) is 5.75 Å². The Bertz CT molecular complexity index is 449. The van der Waals surface area contributed by atoms with E-state index in [-0.39, 0.29) is 11.7 Å². The van der Waals surface area contributed by atoms with Gasteiger partial charge in [0.2, 0.25) is 0 Å². The van der Waals surface area contributed by atoms with E-state index in [2.05, 4.69) is 4.74 Å². The van der Waals surface area contributed by atoms with Gasteiger partial charge in [-0.3, -0.25) is 9.59 Å². The van der Waals surface area contributed by atoms with Crippen LogP contribution < -0.4 is 4.74 Å². The fourth-order valence-corrected chi connectivity index (χ4v) is 2.40. The maximum absolute atomic E-state index is 12.1. The highest BCUT2D eigenvalue weighted by Crippen LogP contribution is 2.36. The number of methoxy groups -OCH3 is 2. The summed E-state index contributed by atoms with van der Waals surface area (Å²) in [5.41, 5.74) is 0.937. The van der Waals surface area contributed by atoms with E-state index in [1.807, 2.05) is 24.3 Å². The molecule has 0 bridgehead atoms. The molecule has 18 heavy (non-hydrogen) atoms. The average molecular weight is 248 g/mol. The quantitative estimate of drug-likeness (QED) is 0.606. The molecule has 0 amide bonds. The number of carbonyl (C=O) groups is 2. The minimum Gasteiger partial charge on any atom is -0.497 e. The van der Waals surface area contributed by atoms with Crippen LogP contribution in [-0.2, 0) is 14.3 Å². The first kappa shape index (κ1) is 12.6. The highest BCUT2D eigenvalue weighted by atomic mass is 16.5. The van der Waals surface area contributed by atoms with Crippen LogP contribution in [0.4, 0.5) is 0 Å². The van der Waals surface area contributed by atoms with E-state index in [1.165, 1.54) is 7.11 Å². The number of hydrogen-bond donors (Lipinski definition) is 0. The fraction of sp³-hybridized carbons (Fsp3) is 0.429. The Morgan fingerprint density at radius 1 is 1.17 bits per heavy atom. The molecular weight excluding hydrogens is 232 g/mol. The Hall–Kier alpha value is -1.84. The number of Topliss-reactive ketones (excluding diaryl/α,β-unsaturated/α-hetero) is 1. The van der Waals surface area contributed by atoms with Crippen LogP contribution in [0, 0.1) is 5.92 Å². The van der Waals surface area contributed by atoms with Crippen LogP contribution in [0.25, 0.3) is 0 Å². The second-order valence-corrected chi connectivity index (χ2v) is 4.38. The zero-order valence-corrected chi connectivity index (χ0v) is 10.5. The van der Waals surface area contributed by atoms with Crippen LogP contribution in [-0.4, -0.2) is 26.0 Å². The van der Waals surface area contributed by atoms with Gasteiger partial charge in [-0.2, -0.15) is 0 Å². The van der Waals surface area contributed by atoms with Crippen molar-refractivity contribution >= 4 is 11.8 Å². The topological polar surface area (TPSA) is 52.6 Å². The van der Waals surface area contributed by atoms with Crippen LogP contribution in [0.1, 0.15) is 24.3 Å². The molecule has 0 aliphatic heterocycles. The molecule has 96 valence electrons. The molecule has 1 aliphatic rings. The minimum atomic E-state index is -0.595. The van der Waals surface area contributed by atoms with E-state index in [1.54, 1.807) is 7.11 Å². The largest absolute Gasteiger partial charge is 0.497 e. The summed E-state index contributed by atoms with van der Waals surface area (Å²) < 4.78 is 9.72. The number of carbonyl (C=O) groups excluding carboxylic acids is 2. The summed E-state index contributed by atoms with van der Waals surface area (Å²) in [6.07, 6.45) is 1.27. The SMILES string of the molecule is COC(=O)C1CCC(c2ccc(OC)cc2)C1=O. The van der Waals surface area contributed by atoms with Crippen molar-refractivity contribution in [3.05, 3.63) is 29.8 Å². The highest BCUT2D eigenvalue weighted by Gasteiger charge is 2.39. The van der Waals surface area contributed by atoms with E-state index in [4.69, 9.17) is 4.74 Å². The zero-order valence-electron chi connectivity index (χ0n) is 10.5. The van der Waals surface area contributed by atoms with Crippen molar-refractivity contribution in [1.29, 1.82) is 0 Å². The lowest BCUT2D eigenvalue weighted by atomic mass is 9.95. The molecule has 1 aromatic rings. The number of hydrogen-bond acceptors (Lipinski definition) is 4. The molecule has 0 heterocycles. The molecule has 0 radical (unpaired) electrons. The lowest BCUT2D eigenvalue weighted by molar-refractivity contribution is -0.148. The van der Waals surface area contributed by atoms with Crippen molar-refractivity contribution in [3.63, 3.8) is 0 Å². The first-order valence-corrected chi connectivity index (χ1v) is 5.93. The third-order valence-electron chi connectivity index (χ3n) is 3.43. The Morgan fingerprint density at radius 2 is 1.83 bits per heavy atom. The molecule has 2 atom stereocenters. The summed E-state index contributed by atoms with van der Waals surface area (Å²) in [5, 5.41) is 0. The summed E-state index contributed by atoms with van der Waals surface area (Å²) in [6.45, 7) is 0. The van der Waals surface area contributed by atoms with Gasteiger partial charge in [-0.25, -0.2) is 0 Å². The summed E-state index contributed by atoms with van der Waals surface area (Å²) >= 11 is 0. The summed E-state index contributed by atoms with van der Waals surface area (Å²) in [7, 11) is 2.92. The monoisotopic (exact) mass is 248 g/mol. The maximum atomic E-state index is 12.1. The standard InChI is InChI=1S/C14H16O4/c1-17-10-5-3-9(4-6-10)11-7-8-12(13(11)15)14(16)18-2/h3-6,11-12H,7-8H2,1-2H3. The van der Waals surface area contributed by atoms with Crippen LogP contribution in [0.3, 0.4) is 0 Å². The maximum Gasteiger partial charge on any atom is 0.316 e. The number of rotatable bonds is 3. The Balaban J connectivity index is 2.15. The molecule has 0 aromatic heterocycles. The smallest absolute Gasteiger partial charge is 0.316 e. The predicted octanol–water partition coefficient (Wildman–Crippen LogP) is 1.93. The van der Waals surface area contributed by atoms with Crippen LogP contribution >= 0.6 is 0 Å². The van der Waals surface area contributed by atoms with Crippen molar-refractivity contribution in [2.75, 3.05) is 14.2 Å². The molecule has 1 aliphatic carbocycles. The molecular formula is C14H16O4. The third-order valence-corrected chi connectivity index (χ3v) is 3.43. The first-order valence-electron chi connectivity index (χ1n) is 5.93. The summed E-state index contributed by atoms with van der Waals surface area (Å²) in [4.78, 5) is 23.6. The van der Waals surface area contributed by atoms with E-state index < -0.39 is 11.9 Å². The van der Waals surface area contributed by atoms with Gasteiger partial charge >= 0.3 is 5.97 Å². The van der Waals surface area contributed by atoms with Gasteiger partial charge in [-0.15, -0.1) is 0 Å². The summed E-state index contributed by atoms with van der Waals surface area (Å²) in [6, 6.07) is 7.41. The second-order valence-electron chi connectivity index (χ2n) is 4.38. The lowest BCUT2D eigenvalue weighted by Crippen LogP contribution is -2.22. The van der Waals surface area contributed by atoms with Gasteiger partial charge in [0, 0.05) is 5.92 Å².